The lowest BCUT2D eigenvalue weighted by molar-refractivity contribution is -0.0328. The van der Waals surface area contributed by atoms with E-state index in [0.717, 1.165) is 16.7 Å². The van der Waals surface area contributed by atoms with Crippen LogP contribution in [0.2, 0.25) is 0 Å². The van der Waals surface area contributed by atoms with Crippen LogP contribution in [0.1, 0.15) is 25.0 Å². The van der Waals surface area contributed by atoms with Crippen molar-refractivity contribution in [2.45, 2.75) is 37.6 Å². The van der Waals surface area contributed by atoms with Crippen LogP contribution in [0.25, 0.3) is 0 Å². The van der Waals surface area contributed by atoms with Gasteiger partial charge in [-0.15, -0.1) is 0 Å². The molecule has 0 N–H and O–H groups in total. The van der Waals surface area contributed by atoms with Crippen LogP contribution >= 0.6 is 11.8 Å². The van der Waals surface area contributed by atoms with Crippen molar-refractivity contribution in [3.63, 3.8) is 0 Å². The van der Waals surface area contributed by atoms with E-state index in [1.54, 1.807) is 12.1 Å². The quantitative estimate of drug-likeness (QED) is 0.537. The van der Waals surface area contributed by atoms with Crippen molar-refractivity contribution in [1.29, 1.82) is 0 Å². The van der Waals surface area contributed by atoms with E-state index in [1.807, 2.05) is 32.9 Å². The smallest absolute Gasteiger partial charge is 0.160 e. The minimum absolute atomic E-state index is 0.0415. The fourth-order valence-corrected chi connectivity index (χ4v) is 2.06. The summed E-state index contributed by atoms with van der Waals surface area (Å²) in [5.41, 5.74) is -1.41. The van der Waals surface area contributed by atoms with Gasteiger partial charge in [0.15, 0.2) is 0 Å². The van der Waals surface area contributed by atoms with Crippen LogP contribution in [0.4, 0.5) is 13.2 Å². The molecular formula is C13H15F3S. The highest BCUT2D eigenvalue weighted by atomic mass is 32.2. The predicted molar refractivity (Wildman–Crippen MR) is 66.2 cm³/mol. The maximum Gasteiger partial charge on any atom is 0.446 e. The standard InChI is InChI=1S/C13H15F3S/c1-9(2)4-6-11-8-10(3)5-7-12(11)17-13(14,15)16/h4-5,7-8H,6H2,1-3H3. The first-order valence-electron chi connectivity index (χ1n) is 5.26. The van der Waals surface area contributed by atoms with E-state index in [2.05, 4.69) is 0 Å². The lowest BCUT2D eigenvalue weighted by atomic mass is 10.1. The third-order valence-corrected chi connectivity index (χ3v) is 3.02. The SMILES string of the molecule is CC(C)=CCc1cc(C)ccc1SC(F)(F)F. The van der Waals surface area contributed by atoms with Gasteiger partial charge in [0.25, 0.3) is 0 Å². The van der Waals surface area contributed by atoms with Gasteiger partial charge < -0.3 is 0 Å². The molecule has 0 spiro atoms. The van der Waals surface area contributed by atoms with Crippen molar-refractivity contribution in [2.24, 2.45) is 0 Å². The summed E-state index contributed by atoms with van der Waals surface area (Å²) in [5, 5.41) is 0. The van der Waals surface area contributed by atoms with Gasteiger partial charge in [0.05, 0.1) is 0 Å². The molecule has 0 radical (unpaired) electrons. The van der Waals surface area contributed by atoms with Crippen LogP contribution in [0.5, 0.6) is 0 Å². The van der Waals surface area contributed by atoms with E-state index in [0.29, 0.717) is 11.3 Å². The second-order valence-corrected chi connectivity index (χ2v) is 5.25. The zero-order chi connectivity index (χ0) is 13.1. The maximum absolute atomic E-state index is 12.4. The minimum atomic E-state index is -4.23. The molecule has 0 amide bonds. The van der Waals surface area contributed by atoms with Crippen molar-refractivity contribution in [1.82, 2.24) is 0 Å². The molecule has 0 aliphatic rings. The zero-order valence-electron chi connectivity index (χ0n) is 10.1. The number of aryl methyl sites for hydroxylation is 1. The predicted octanol–water partition coefficient (Wildman–Crippen LogP) is 5.12. The van der Waals surface area contributed by atoms with Gasteiger partial charge in [-0.3, -0.25) is 0 Å². The molecule has 0 bridgehead atoms. The van der Waals surface area contributed by atoms with Crippen molar-refractivity contribution in [3.8, 4) is 0 Å². The minimum Gasteiger partial charge on any atom is -0.160 e. The van der Waals surface area contributed by atoms with Gasteiger partial charge in [0.1, 0.15) is 0 Å². The first-order chi connectivity index (χ1) is 7.78. The second kappa shape index (κ2) is 5.63. The molecule has 94 valence electrons. The highest BCUT2D eigenvalue weighted by molar-refractivity contribution is 8.00. The highest BCUT2D eigenvalue weighted by Crippen LogP contribution is 2.39. The molecule has 0 aliphatic carbocycles. The van der Waals surface area contributed by atoms with Crippen LogP contribution in [-0.4, -0.2) is 5.51 Å². The summed E-state index contributed by atoms with van der Waals surface area (Å²) in [6.07, 6.45) is 2.48. The Morgan fingerprint density at radius 1 is 1.29 bits per heavy atom. The molecule has 0 saturated heterocycles. The Labute approximate surface area is 104 Å². The van der Waals surface area contributed by atoms with Gasteiger partial charge in [-0.1, -0.05) is 29.3 Å². The summed E-state index contributed by atoms with van der Waals surface area (Å²) in [5.74, 6) is 0. The van der Waals surface area contributed by atoms with Gasteiger partial charge in [-0.2, -0.15) is 13.2 Å². The Morgan fingerprint density at radius 3 is 2.47 bits per heavy atom. The van der Waals surface area contributed by atoms with Gasteiger partial charge in [-0.05, 0) is 50.6 Å². The van der Waals surface area contributed by atoms with Crippen molar-refractivity contribution in [3.05, 3.63) is 41.0 Å². The van der Waals surface area contributed by atoms with E-state index >= 15 is 0 Å². The lowest BCUT2D eigenvalue weighted by Gasteiger charge is -2.11. The molecular weight excluding hydrogens is 245 g/mol. The van der Waals surface area contributed by atoms with Gasteiger partial charge in [0, 0.05) is 4.90 Å². The topological polar surface area (TPSA) is 0 Å². The number of hydrogen-bond donors (Lipinski definition) is 0. The lowest BCUT2D eigenvalue weighted by Crippen LogP contribution is -2.01. The number of thioether (sulfide) groups is 1. The summed E-state index contributed by atoms with van der Waals surface area (Å²) in [6.45, 7) is 5.76. The van der Waals surface area contributed by atoms with E-state index in [4.69, 9.17) is 0 Å². The number of alkyl halides is 3. The summed E-state index contributed by atoms with van der Waals surface area (Å²) < 4.78 is 37.1. The molecule has 0 unspecified atom stereocenters. The Balaban J connectivity index is 2.99. The Bertz CT molecular complexity index is 415. The number of rotatable bonds is 3. The number of allylic oxidation sites excluding steroid dienone is 2. The number of benzene rings is 1. The highest BCUT2D eigenvalue weighted by Gasteiger charge is 2.30. The average molecular weight is 260 g/mol. The largest absolute Gasteiger partial charge is 0.446 e. The molecule has 17 heavy (non-hydrogen) atoms. The van der Waals surface area contributed by atoms with Crippen LogP contribution in [0.15, 0.2) is 34.7 Å². The second-order valence-electron chi connectivity index (χ2n) is 4.14. The fourth-order valence-electron chi connectivity index (χ4n) is 1.41. The molecule has 0 fully saturated rings. The summed E-state index contributed by atoms with van der Waals surface area (Å²) in [6, 6.07) is 5.06. The van der Waals surface area contributed by atoms with E-state index in [9.17, 15) is 13.2 Å². The zero-order valence-corrected chi connectivity index (χ0v) is 10.9. The molecule has 4 heteroatoms. The molecule has 0 aromatic heterocycles. The average Bonchev–Trinajstić information content (AvgIpc) is 2.16. The Hall–Kier alpha value is -0.900. The third kappa shape index (κ3) is 5.31. The molecule has 1 rings (SSSR count). The van der Waals surface area contributed by atoms with Gasteiger partial charge in [-0.25, -0.2) is 0 Å². The molecule has 0 aliphatic heterocycles. The van der Waals surface area contributed by atoms with E-state index < -0.39 is 5.51 Å². The first-order valence-corrected chi connectivity index (χ1v) is 6.08. The monoisotopic (exact) mass is 260 g/mol. The normalized spacial score (nSPS) is 11.4. The molecule has 1 aromatic rings. The third-order valence-electron chi connectivity index (χ3n) is 2.17. The van der Waals surface area contributed by atoms with Gasteiger partial charge >= 0.3 is 5.51 Å². The van der Waals surface area contributed by atoms with Crippen molar-refractivity contribution < 1.29 is 13.2 Å². The van der Waals surface area contributed by atoms with Crippen LogP contribution in [-0.2, 0) is 6.42 Å². The Morgan fingerprint density at radius 2 is 1.94 bits per heavy atom. The summed E-state index contributed by atoms with van der Waals surface area (Å²) in [7, 11) is 0. The number of halogens is 3. The molecule has 0 saturated carbocycles. The Kier molecular flexibility index (Phi) is 4.69. The maximum atomic E-state index is 12.4. The van der Waals surface area contributed by atoms with Crippen LogP contribution in [0.3, 0.4) is 0 Å². The fraction of sp³-hybridized carbons (Fsp3) is 0.385. The summed E-state index contributed by atoms with van der Waals surface area (Å²) >= 11 is -0.0415. The van der Waals surface area contributed by atoms with Crippen molar-refractivity contribution >= 4 is 11.8 Å². The molecule has 0 nitrogen and oxygen atoms in total. The van der Waals surface area contributed by atoms with Crippen LogP contribution < -0.4 is 0 Å². The van der Waals surface area contributed by atoms with Gasteiger partial charge in [0.2, 0.25) is 0 Å². The molecule has 0 heterocycles. The first kappa shape index (κ1) is 14.2. The van der Waals surface area contributed by atoms with Crippen molar-refractivity contribution in [2.75, 3.05) is 0 Å². The van der Waals surface area contributed by atoms with E-state index in [-0.39, 0.29) is 11.8 Å². The van der Waals surface area contributed by atoms with Crippen LogP contribution in [0, 0.1) is 6.92 Å². The number of hydrogen-bond acceptors (Lipinski definition) is 1. The molecule has 0 atom stereocenters. The molecule has 1 aromatic carbocycles. The van der Waals surface area contributed by atoms with E-state index in [1.165, 1.54) is 0 Å². The summed E-state index contributed by atoms with van der Waals surface area (Å²) in [4.78, 5) is 0.292.